The molecule has 0 N–H and O–H groups in total. The van der Waals surface area contributed by atoms with Gasteiger partial charge < -0.3 is 18.9 Å². The molecule has 0 unspecified atom stereocenters. The molecule has 0 spiro atoms. The van der Waals surface area contributed by atoms with Gasteiger partial charge in [0.2, 0.25) is 5.91 Å². The molecule has 184 valence electrons. The van der Waals surface area contributed by atoms with Crippen LogP contribution < -0.4 is 0 Å². The summed E-state index contributed by atoms with van der Waals surface area (Å²) in [5.41, 5.74) is 3.03. The predicted molar refractivity (Wildman–Crippen MR) is 130 cm³/mol. The molecule has 3 aliphatic heterocycles. The highest BCUT2D eigenvalue weighted by molar-refractivity contribution is 5.96. The fourth-order valence-electron chi connectivity index (χ4n) is 5.91. The Balaban J connectivity index is 1.52. The topological polar surface area (TPSA) is 69.5 Å². The molecule has 0 saturated carbocycles. The van der Waals surface area contributed by atoms with Crippen molar-refractivity contribution in [1.29, 1.82) is 0 Å². The lowest BCUT2D eigenvalue weighted by Crippen LogP contribution is -2.40. The molecule has 2 aromatic heterocycles. The van der Waals surface area contributed by atoms with Crippen molar-refractivity contribution < 1.29 is 18.7 Å². The molecule has 2 saturated heterocycles. The number of nitrogens with zero attached hydrogens (tertiary/aromatic N) is 4. The molecule has 5 heterocycles. The van der Waals surface area contributed by atoms with E-state index >= 15 is 4.39 Å². The number of hydrogen-bond acceptors (Lipinski definition) is 5. The zero-order valence-corrected chi connectivity index (χ0v) is 20.3. The van der Waals surface area contributed by atoms with Crippen LogP contribution in [0.25, 0.3) is 22.0 Å². The van der Waals surface area contributed by atoms with Gasteiger partial charge in [-0.1, -0.05) is 6.07 Å². The summed E-state index contributed by atoms with van der Waals surface area (Å²) in [5, 5.41) is 1.72. The quantitative estimate of drug-likeness (QED) is 0.552. The average Bonchev–Trinajstić information content (AvgIpc) is 3.27. The van der Waals surface area contributed by atoms with Crippen molar-refractivity contribution in [3.8, 4) is 11.3 Å². The van der Waals surface area contributed by atoms with Gasteiger partial charge >= 0.3 is 0 Å². The molecule has 2 fully saturated rings. The maximum Gasteiger partial charge on any atom is 0.245 e. The summed E-state index contributed by atoms with van der Waals surface area (Å²) >= 11 is 0. The van der Waals surface area contributed by atoms with E-state index in [1.54, 1.807) is 18.1 Å². The fraction of sp³-hybridized carbons (Fsp3) is 0.519. The van der Waals surface area contributed by atoms with E-state index in [-0.39, 0.29) is 23.7 Å². The number of aromatic nitrogens is 3. The van der Waals surface area contributed by atoms with Crippen LogP contribution in [0.3, 0.4) is 0 Å². The SMILES string of the molecule is C[C@H]1C(=O)N(C)Cc2c(-c3c(F)ccc4cc(C5CCOCC5)ncc34)nc(C3CCOCC3)n21. The van der Waals surface area contributed by atoms with E-state index in [2.05, 4.69) is 10.6 Å². The number of fused-ring (bicyclic) bond motifs is 2. The zero-order valence-electron chi connectivity index (χ0n) is 20.3. The van der Waals surface area contributed by atoms with Crippen LogP contribution in [0.15, 0.2) is 24.4 Å². The minimum absolute atomic E-state index is 0.0518. The van der Waals surface area contributed by atoms with Gasteiger partial charge in [0, 0.05) is 68.2 Å². The molecule has 6 rings (SSSR count). The summed E-state index contributed by atoms with van der Waals surface area (Å²) < 4.78 is 28.7. The molecule has 35 heavy (non-hydrogen) atoms. The highest BCUT2D eigenvalue weighted by Crippen LogP contribution is 2.41. The van der Waals surface area contributed by atoms with Crippen LogP contribution in [0.2, 0.25) is 0 Å². The second kappa shape index (κ2) is 8.99. The maximum atomic E-state index is 15.6. The number of hydrogen-bond donors (Lipinski definition) is 0. The molecule has 3 aliphatic rings. The number of likely N-dealkylation sites (N-methyl/N-ethyl adjacent to an activating group) is 1. The highest BCUT2D eigenvalue weighted by Gasteiger charge is 2.36. The van der Waals surface area contributed by atoms with Crippen molar-refractivity contribution in [3.05, 3.63) is 47.4 Å². The minimum Gasteiger partial charge on any atom is -0.381 e. The van der Waals surface area contributed by atoms with Gasteiger partial charge in [0.1, 0.15) is 17.7 Å². The summed E-state index contributed by atoms with van der Waals surface area (Å²) in [6.45, 7) is 5.16. The second-order valence-electron chi connectivity index (χ2n) is 10.0. The Kier molecular flexibility index (Phi) is 5.81. The van der Waals surface area contributed by atoms with E-state index < -0.39 is 0 Å². The first-order chi connectivity index (χ1) is 17.0. The van der Waals surface area contributed by atoms with E-state index in [0.717, 1.165) is 66.9 Å². The third-order valence-electron chi connectivity index (χ3n) is 7.88. The largest absolute Gasteiger partial charge is 0.381 e. The number of halogens is 1. The van der Waals surface area contributed by atoms with Crippen LogP contribution in [-0.4, -0.2) is 58.8 Å². The van der Waals surface area contributed by atoms with Crippen molar-refractivity contribution in [1.82, 2.24) is 19.4 Å². The Hall–Kier alpha value is -2.84. The van der Waals surface area contributed by atoms with E-state index in [4.69, 9.17) is 19.4 Å². The van der Waals surface area contributed by atoms with E-state index in [0.29, 0.717) is 36.9 Å². The van der Waals surface area contributed by atoms with Gasteiger partial charge in [-0.25, -0.2) is 9.37 Å². The number of pyridine rings is 1. The number of ether oxygens (including phenoxy) is 2. The van der Waals surface area contributed by atoms with Gasteiger partial charge in [0.05, 0.1) is 17.9 Å². The van der Waals surface area contributed by atoms with E-state index in [1.807, 2.05) is 13.0 Å². The Morgan fingerprint density at radius 3 is 2.43 bits per heavy atom. The first kappa shape index (κ1) is 22.6. The molecule has 1 atom stereocenters. The van der Waals surface area contributed by atoms with Crippen LogP contribution >= 0.6 is 0 Å². The molecule has 0 aliphatic carbocycles. The van der Waals surface area contributed by atoms with Crippen molar-refractivity contribution in [3.63, 3.8) is 0 Å². The van der Waals surface area contributed by atoms with E-state index in [1.165, 1.54) is 6.07 Å². The Morgan fingerprint density at radius 2 is 1.71 bits per heavy atom. The maximum absolute atomic E-state index is 15.6. The third-order valence-corrected chi connectivity index (χ3v) is 7.88. The second-order valence-corrected chi connectivity index (χ2v) is 10.0. The molecule has 0 bridgehead atoms. The first-order valence-corrected chi connectivity index (χ1v) is 12.6. The number of carbonyl (C=O) groups is 1. The van der Waals surface area contributed by atoms with Gasteiger partial charge in [-0.2, -0.15) is 0 Å². The zero-order chi connectivity index (χ0) is 24.1. The summed E-state index contributed by atoms with van der Waals surface area (Å²) in [7, 11) is 1.80. The van der Waals surface area contributed by atoms with Gasteiger partial charge in [0.25, 0.3) is 0 Å². The Labute approximate surface area is 204 Å². The smallest absolute Gasteiger partial charge is 0.245 e. The highest BCUT2D eigenvalue weighted by atomic mass is 19.1. The summed E-state index contributed by atoms with van der Waals surface area (Å²) in [6.07, 6.45) is 5.41. The number of rotatable bonds is 3. The van der Waals surface area contributed by atoms with Crippen LogP contribution in [-0.2, 0) is 20.8 Å². The number of amides is 1. The van der Waals surface area contributed by atoms with Crippen molar-refractivity contribution >= 4 is 16.7 Å². The van der Waals surface area contributed by atoms with Crippen LogP contribution in [0.1, 0.15) is 67.7 Å². The molecule has 3 aromatic rings. The number of benzene rings is 1. The summed E-state index contributed by atoms with van der Waals surface area (Å²) in [6, 6.07) is 5.08. The lowest BCUT2D eigenvalue weighted by molar-refractivity contribution is -0.135. The monoisotopic (exact) mass is 478 g/mol. The fourth-order valence-corrected chi connectivity index (χ4v) is 5.91. The van der Waals surface area contributed by atoms with Gasteiger partial charge in [-0.3, -0.25) is 9.78 Å². The van der Waals surface area contributed by atoms with Gasteiger partial charge in [-0.15, -0.1) is 0 Å². The third kappa shape index (κ3) is 3.83. The van der Waals surface area contributed by atoms with Crippen LogP contribution in [0.4, 0.5) is 4.39 Å². The van der Waals surface area contributed by atoms with E-state index in [9.17, 15) is 4.79 Å². The molecular formula is C27H31FN4O3. The van der Waals surface area contributed by atoms with Crippen LogP contribution in [0, 0.1) is 5.82 Å². The van der Waals surface area contributed by atoms with Crippen molar-refractivity contribution in [2.24, 2.45) is 0 Å². The van der Waals surface area contributed by atoms with Crippen molar-refractivity contribution in [2.45, 2.75) is 57.0 Å². The number of carbonyl (C=O) groups excluding carboxylic acids is 1. The summed E-state index contributed by atoms with van der Waals surface area (Å²) in [5.74, 6) is 1.16. The molecule has 0 radical (unpaired) electrons. The van der Waals surface area contributed by atoms with Crippen molar-refractivity contribution in [2.75, 3.05) is 33.5 Å². The predicted octanol–water partition coefficient (Wildman–Crippen LogP) is 4.56. The Morgan fingerprint density at radius 1 is 1.03 bits per heavy atom. The van der Waals surface area contributed by atoms with Gasteiger partial charge in [-0.05, 0) is 50.1 Å². The minimum atomic E-state index is -0.376. The summed E-state index contributed by atoms with van der Waals surface area (Å²) in [4.78, 5) is 24.5. The number of imidazole rings is 1. The molecule has 7 nitrogen and oxygen atoms in total. The molecule has 8 heteroatoms. The molecule has 1 aromatic carbocycles. The molecule has 1 amide bonds. The normalized spacial score (nSPS) is 22.1. The molecular weight excluding hydrogens is 447 g/mol. The first-order valence-electron chi connectivity index (χ1n) is 12.6. The lowest BCUT2D eigenvalue weighted by Gasteiger charge is -2.32. The van der Waals surface area contributed by atoms with Crippen LogP contribution in [0.5, 0.6) is 0 Å². The lowest BCUT2D eigenvalue weighted by atomic mass is 9.93. The van der Waals surface area contributed by atoms with Gasteiger partial charge in [0.15, 0.2) is 0 Å². The standard InChI is InChI=1S/C27H31FN4O3/c1-16-27(33)31(2)15-23-25(30-26(32(16)23)18-7-11-35-12-8-18)24-20-14-29-22(17-5-9-34-10-6-17)13-19(20)3-4-21(24)28/h3-4,13-14,16-18H,5-12,15H2,1-2H3/t16-/m0/s1. The Bertz CT molecular complexity index is 1280. The average molecular weight is 479 g/mol.